The Morgan fingerprint density at radius 3 is 2.25 bits per heavy atom. The van der Waals surface area contributed by atoms with Gasteiger partial charge in [0.05, 0.1) is 0 Å². The summed E-state index contributed by atoms with van der Waals surface area (Å²) >= 11 is 0. The highest BCUT2D eigenvalue weighted by Crippen LogP contribution is 2.34. The third-order valence-electron chi connectivity index (χ3n) is 3.64. The number of rotatable bonds is 8. The number of hydrogen-bond acceptors (Lipinski definition) is 3. The zero-order valence-electron chi connectivity index (χ0n) is 11.2. The van der Waals surface area contributed by atoms with Crippen LogP contribution in [0.2, 0.25) is 0 Å². The standard InChI is InChI=1S/C13H20N2O5/c16-11(17)6-5-10(12(18)19)14-13(20)15(9-3-4-9)7-8-1-2-8/h8-10H,1-7H2,(H,14,20)(H,16,17)(H,18,19). The first-order valence-corrected chi connectivity index (χ1v) is 6.99. The van der Waals surface area contributed by atoms with Crippen LogP contribution in [-0.2, 0) is 9.59 Å². The zero-order chi connectivity index (χ0) is 14.7. The van der Waals surface area contributed by atoms with Gasteiger partial charge in [0.15, 0.2) is 0 Å². The molecule has 0 aromatic carbocycles. The minimum Gasteiger partial charge on any atom is -0.481 e. The monoisotopic (exact) mass is 284 g/mol. The van der Waals surface area contributed by atoms with Gasteiger partial charge in [0.25, 0.3) is 0 Å². The predicted octanol–water partition coefficient (Wildman–Crippen LogP) is 0.888. The van der Waals surface area contributed by atoms with Gasteiger partial charge in [-0.1, -0.05) is 0 Å². The van der Waals surface area contributed by atoms with Crippen LogP contribution >= 0.6 is 0 Å². The largest absolute Gasteiger partial charge is 0.481 e. The Morgan fingerprint density at radius 1 is 1.15 bits per heavy atom. The molecule has 1 atom stereocenters. The van der Waals surface area contributed by atoms with Crippen LogP contribution in [0.1, 0.15) is 38.5 Å². The average molecular weight is 284 g/mol. The summed E-state index contributed by atoms with van der Waals surface area (Å²) in [5.74, 6) is -1.71. The van der Waals surface area contributed by atoms with Crippen LogP contribution in [0.5, 0.6) is 0 Å². The Hall–Kier alpha value is -1.79. The molecule has 0 aromatic rings. The molecule has 112 valence electrons. The number of nitrogens with one attached hydrogen (secondary N) is 1. The van der Waals surface area contributed by atoms with Gasteiger partial charge in [0.1, 0.15) is 6.04 Å². The maximum atomic E-state index is 12.2. The van der Waals surface area contributed by atoms with Crippen LogP contribution in [-0.4, -0.2) is 51.7 Å². The molecule has 2 saturated carbocycles. The lowest BCUT2D eigenvalue weighted by molar-refractivity contribution is -0.140. The fraction of sp³-hybridized carbons (Fsp3) is 0.769. The number of aliphatic carboxylic acids is 2. The quantitative estimate of drug-likeness (QED) is 0.613. The predicted molar refractivity (Wildman–Crippen MR) is 69.3 cm³/mol. The normalized spacial score (nSPS) is 19.2. The summed E-state index contributed by atoms with van der Waals surface area (Å²) in [6, 6.07) is -1.29. The molecule has 1 unspecified atom stereocenters. The number of carboxylic acids is 2. The Kier molecular flexibility index (Phi) is 4.46. The van der Waals surface area contributed by atoms with E-state index in [1.807, 2.05) is 0 Å². The van der Waals surface area contributed by atoms with Gasteiger partial charge >= 0.3 is 18.0 Å². The molecule has 7 heteroatoms. The van der Waals surface area contributed by atoms with Gasteiger partial charge in [-0.05, 0) is 38.0 Å². The van der Waals surface area contributed by atoms with Gasteiger partial charge in [-0.25, -0.2) is 9.59 Å². The van der Waals surface area contributed by atoms with Crippen LogP contribution in [0, 0.1) is 5.92 Å². The molecule has 7 nitrogen and oxygen atoms in total. The molecule has 0 radical (unpaired) electrons. The number of urea groups is 1. The highest BCUT2D eigenvalue weighted by molar-refractivity contribution is 5.83. The molecule has 2 fully saturated rings. The number of nitrogens with zero attached hydrogens (tertiary/aromatic N) is 1. The van der Waals surface area contributed by atoms with Crippen molar-refractivity contribution in [3.8, 4) is 0 Å². The summed E-state index contributed by atoms with van der Waals surface area (Å²) in [6.45, 7) is 0.682. The molecule has 20 heavy (non-hydrogen) atoms. The minimum absolute atomic E-state index is 0.0989. The average Bonchev–Trinajstić information content (AvgIpc) is 3.24. The third kappa shape index (κ3) is 4.40. The van der Waals surface area contributed by atoms with Crippen molar-refractivity contribution in [2.45, 2.75) is 50.6 Å². The maximum Gasteiger partial charge on any atom is 0.326 e. The Balaban J connectivity index is 1.87. The zero-order valence-corrected chi connectivity index (χ0v) is 11.2. The van der Waals surface area contributed by atoms with E-state index in [-0.39, 0.29) is 24.9 Å². The molecule has 0 spiro atoms. The van der Waals surface area contributed by atoms with Crippen molar-refractivity contribution in [2.75, 3.05) is 6.54 Å². The van der Waals surface area contributed by atoms with Crippen molar-refractivity contribution in [2.24, 2.45) is 5.92 Å². The smallest absolute Gasteiger partial charge is 0.326 e. The molecule has 0 saturated heterocycles. The van der Waals surface area contributed by atoms with Crippen LogP contribution in [0.25, 0.3) is 0 Å². The topological polar surface area (TPSA) is 107 Å². The van der Waals surface area contributed by atoms with E-state index in [1.165, 1.54) is 0 Å². The van der Waals surface area contributed by atoms with E-state index >= 15 is 0 Å². The first-order chi connectivity index (χ1) is 9.47. The lowest BCUT2D eigenvalue weighted by Gasteiger charge is -2.25. The van der Waals surface area contributed by atoms with Crippen molar-refractivity contribution >= 4 is 18.0 Å². The van der Waals surface area contributed by atoms with Crippen molar-refractivity contribution in [1.29, 1.82) is 0 Å². The highest BCUT2D eigenvalue weighted by Gasteiger charge is 2.37. The third-order valence-corrected chi connectivity index (χ3v) is 3.64. The first kappa shape index (κ1) is 14.6. The lowest BCUT2D eigenvalue weighted by Crippen LogP contribution is -2.49. The molecule has 0 bridgehead atoms. The van der Waals surface area contributed by atoms with E-state index in [2.05, 4.69) is 5.32 Å². The van der Waals surface area contributed by atoms with E-state index in [9.17, 15) is 14.4 Å². The van der Waals surface area contributed by atoms with Gasteiger partial charge in [-0.15, -0.1) is 0 Å². The number of carbonyl (C=O) groups is 3. The van der Waals surface area contributed by atoms with Gasteiger partial charge in [-0.2, -0.15) is 0 Å². The fourth-order valence-electron chi connectivity index (χ4n) is 2.12. The van der Waals surface area contributed by atoms with E-state index in [0.717, 1.165) is 25.7 Å². The molecule has 2 aliphatic carbocycles. The lowest BCUT2D eigenvalue weighted by atomic mass is 10.1. The van der Waals surface area contributed by atoms with Gasteiger partial charge in [0.2, 0.25) is 0 Å². The number of hydrogen-bond donors (Lipinski definition) is 3. The number of carbonyl (C=O) groups excluding carboxylic acids is 1. The van der Waals surface area contributed by atoms with Crippen molar-refractivity contribution < 1.29 is 24.6 Å². The number of carboxylic acid groups (broad SMARTS) is 2. The van der Waals surface area contributed by atoms with Crippen molar-refractivity contribution in [3.05, 3.63) is 0 Å². The second-order valence-electron chi connectivity index (χ2n) is 5.60. The molecule has 0 aliphatic heterocycles. The second-order valence-corrected chi connectivity index (χ2v) is 5.60. The van der Waals surface area contributed by atoms with Gasteiger partial charge in [0, 0.05) is 19.0 Å². The molecule has 0 heterocycles. The molecule has 2 amide bonds. The number of amides is 2. The van der Waals surface area contributed by atoms with E-state index < -0.39 is 18.0 Å². The van der Waals surface area contributed by atoms with E-state index in [0.29, 0.717) is 12.5 Å². The Morgan fingerprint density at radius 2 is 1.80 bits per heavy atom. The SMILES string of the molecule is O=C(O)CCC(NC(=O)N(CC1CC1)C1CC1)C(=O)O. The minimum atomic E-state index is -1.19. The Labute approximate surface area is 116 Å². The van der Waals surface area contributed by atoms with Crippen molar-refractivity contribution in [1.82, 2.24) is 10.2 Å². The van der Waals surface area contributed by atoms with E-state index in [4.69, 9.17) is 10.2 Å². The van der Waals surface area contributed by atoms with Crippen molar-refractivity contribution in [3.63, 3.8) is 0 Å². The molecule has 2 rings (SSSR count). The van der Waals surface area contributed by atoms with Crippen LogP contribution in [0.4, 0.5) is 4.79 Å². The summed E-state index contributed by atoms with van der Waals surface area (Å²) in [5.41, 5.74) is 0. The summed E-state index contributed by atoms with van der Waals surface area (Å²) in [7, 11) is 0. The summed E-state index contributed by atoms with van der Waals surface area (Å²) in [4.78, 5) is 35.4. The van der Waals surface area contributed by atoms with Gasteiger partial charge < -0.3 is 20.4 Å². The fourth-order valence-corrected chi connectivity index (χ4v) is 2.12. The second kappa shape index (κ2) is 6.11. The van der Waals surface area contributed by atoms with Crippen LogP contribution in [0.15, 0.2) is 0 Å². The Bertz CT molecular complexity index is 404. The first-order valence-electron chi connectivity index (χ1n) is 6.99. The van der Waals surface area contributed by atoms with Crippen LogP contribution in [0.3, 0.4) is 0 Å². The maximum absolute atomic E-state index is 12.2. The molecule has 0 aromatic heterocycles. The summed E-state index contributed by atoms with van der Waals surface area (Å²) in [6.07, 6.45) is 3.80. The van der Waals surface area contributed by atoms with Crippen LogP contribution < -0.4 is 5.32 Å². The van der Waals surface area contributed by atoms with Gasteiger partial charge in [-0.3, -0.25) is 4.79 Å². The molecule has 3 N–H and O–H groups in total. The molecule has 2 aliphatic rings. The van der Waals surface area contributed by atoms with E-state index in [1.54, 1.807) is 4.90 Å². The summed E-state index contributed by atoms with van der Waals surface area (Å²) < 4.78 is 0. The molecular weight excluding hydrogens is 264 g/mol. The molecular formula is C13H20N2O5. The highest BCUT2D eigenvalue weighted by atomic mass is 16.4. The summed E-state index contributed by atoms with van der Waals surface area (Å²) in [5, 5.41) is 20.1.